The molecule has 1 fully saturated rings. The highest BCUT2D eigenvalue weighted by Crippen LogP contribution is 2.16. The Morgan fingerprint density at radius 1 is 1.62 bits per heavy atom. The Morgan fingerprint density at radius 3 is 2.62 bits per heavy atom. The van der Waals surface area contributed by atoms with Crippen molar-refractivity contribution in [3.8, 4) is 0 Å². The highest BCUT2D eigenvalue weighted by molar-refractivity contribution is 5.83. The average Bonchev–Trinajstić information content (AvgIpc) is 2.35. The highest BCUT2D eigenvalue weighted by Gasteiger charge is 2.32. The highest BCUT2D eigenvalue weighted by atomic mass is 16.5. The van der Waals surface area contributed by atoms with Crippen molar-refractivity contribution in [2.75, 3.05) is 6.61 Å². The van der Waals surface area contributed by atoms with Gasteiger partial charge in [-0.05, 0) is 27.2 Å². The number of hydrogen-bond acceptors (Lipinski definition) is 3. The topological polar surface area (TPSA) is 64.3 Å². The zero-order chi connectivity index (χ0) is 10.1. The van der Waals surface area contributed by atoms with Gasteiger partial charge in [-0.2, -0.15) is 0 Å². The van der Waals surface area contributed by atoms with Gasteiger partial charge in [0.1, 0.15) is 0 Å². The largest absolute Gasteiger partial charge is 0.377 e. The number of carbonyl (C=O) groups is 1. The molecule has 1 rings (SSSR count). The van der Waals surface area contributed by atoms with Crippen molar-refractivity contribution in [1.29, 1.82) is 0 Å². The quantitative estimate of drug-likeness (QED) is 0.653. The number of nitrogens with two attached hydrogens (primary N) is 1. The van der Waals surface area contributed by atoms with Gasteiger partial charge in [0.05, 0.1) is 11.6 Å². The first kappa shape index (κ1) is 10.5. The van der Waals surface area contributed by atoms with Gasteiger partial charge in [-0.3, -0.25) is 10.1 Å². The number of nitrogens with one attached hydrogen (secondary N) is 1. The van der Waals surface area contributed by atoms with Crippen LogP contribution in [0.2, 0.25) is 0 Å². The molecule has 0 saturated carbocycles. The van der Waals surface area contributed by atoms with Crippen molar-refractivity contribution in [1.82, 2.24) is 5.32 Å². The molecule has 1 aliphatic heterocycles. The summed E-state index contributed by atoms with van der Waals surface area (Å²) in [6, 6.07) is 0.238. The second kappa shape index (κ2) is 3.64. The van der Waals surface area contributed by atoms with E-state index in [1.807, 2.05) is 6.92 Å². The fraction of sp³-hybridized carbons (Fsp3) is 0.889. The van der Waals surface area contributed by atoms with E-state index in [2.05, 4.69) is 5.32 Å². The van der Waals surface area contributed by atoms with E-state index < -0.39 is 5.54 Å². The Bertz CT molecular complexity index is 204. The Morgan fingerprint density at radius 2 is 2.23 bits per heavy atom. The predicted octanol–water partition coefficient (Wildman–Crippen LogP) is 0.0173. The summed E-state index contributed by atoms with van der Waals surface area (Å²) < 4.78 is 5.38. The Hall–Kier alpha value is -0.610. The minimum Gasteiger partial charge on any atom is -0.377 e. The van der Waals surface area contributed by atoms with Crippen LogP contribution in [0, 0.1) is 0 Å². The van der Waals surface area contributed by atoms with Gasteiger partial charge in [-0.15, -0.1) is 0 Å². The second-order valence-electron chi connectivity index (χ2n) is 4.10. The molecule has 0 aromatic carbocycles. The molecule has 2 atom stereocenters. The summed E-state index contributed by atoms with van der Waals surface area (Å²) >= 11 is 0. The van der Waals surface area contributed by atoms with Crippen LogP contribution in [0.5, 0.6) is 0 Å². The van der Waals surface area contributed by atoms with Crippen molar-refractivity contribution >= 4 is 5.91 Å². The first-order chi connectivity index (χ1) is 5.93. The Kier molecular flexibility index (Phi) is 2.93. The Balaban J connectivity index is 2.52. The first-order valence-corrected chi connectivity index (χ1v) is 4.62. The lowest BCUT2D eigenvalue weighted by molar-refractivity contribution is -0.123. The third kappa shape index (κ3) is 2.42. The van der Waals surface area contributed by atoms with Gasteiger partial charge in [0.25, 0.3) is 0 Å². The maximum atomic E-state index is 11.0. The van der Waals surface area contributed by atoms with Crippen LogP contribution in [0.25, 0.3) is 0 Å². The van der Waals surface area contributed by atoms with E-state index in [0.29, 0.717) is 0 Å². The molecule has 0 aromatic heterocycles. The van der Waals surface area contributed by atoms with Crippen molar-refractivity contribution in [2.45, 2.75) is 44.9 Å². The minimum absolute atomic E-state index is 0.165. The molecule has 4 nitrogen and oxygen atoms in total. The van der Waals surface area contributed by atoms with Crippen molar-refractivity contribution in [3.05, 3.63) is 0 Å². The van der Waals surface area contributed by atoms with Crippen LogP contribution >= 0.6 is 0 Å². The zero-order valence-electron chi connectivity index (χ0n) is 8.46. The molecule has 1 saturated heterocycles. The van der Waals surface area contributed by atoms with E-state index in [4.69, 9.17) is 10.5 Å². The summed E-state index contributed by atoms with van der Waals surface area (Å²) in [7, 11) is 0. The number of primary amides is 1. The molecule has 0 spiro atoms. The summed E-state index contributed by atoms with van der Waals surface area (Å²) in [5.41, 5.74) is 4.61. The summed E-state index contributed by atoms with van der Waals surface area (Å²) in [6.45, 7) is 6.34. The van der Waals surface area contributed by atoms with E-state index in [-0.39, 0.29) is 18.1 Å². The summed E-state index contributed by atoms with van der Waals surface area (Å²) in [6.07, 6.45) is 1.11. The second-order valence-corrected chi connectivity index (χ2v) is 4.10. The lowest BCUT2D eigenvalue weighted by Crippen LogP contribution is -2.56. The smallest absolute Gasteiger partial charge is 0.237 e. The van der Waals surface area contributed by atoms with Crippen LogP contribution in [0.3, 0.4) is 0 Å². The van der Waals surface area contributed by atoms with E-state index in [1.54, 1.807) is 13.8 Å². The third-order valence-corrected chi connectivity index (χ3v) is 2.54. The molecule has 76 valence electrons. The molecule has 1 aliphatic rings. The molecule has 13 heavy (non-hydrogen) atoms. The normalized spacial score (nSPS) is 29.2. The molecule has 0 aliphatic carbocycles. The molecule has 2 unspecified atom stereocenters. The summed E-state index contributed by atoms with van der Waals surface area (Å²) in [5, 5.41) is 3.20. The molecule has 0 aromatic rings. The van der Waals surface area contributed by atoms with Crippen LogP contribution in [-0.4, -0.2) is 30.2 Å². The molecular weight excluding hydrogens is 168 g/mol. The number of carbonyl (C=O) groups excluding carboxylic acids is 1. The van der Waals surface area contributed by atoms with Gasteiger partial charge < -0.3 is 10.5 Å². The van der Waals surface area contributed by atoms with Crippen molar-refractivity contribution < 1.29 is 9.53 Å². The van der Waals surface area contributed by atoms with Gasteiger partial charge in [0.15, 0.2) is 0 Å². The van der Waals surface area contributed by atoms with Gasteiger partial charge in [0.2, 0.25) is 5.91 Å². The molecule has 3 N–H and O–H groups in total. The minimum atomic E-state index is -0.646. The van der Waals surface area contributed by atoms with Gasteiger partial charge >= 0.3 is 0 Å². The number of hydrogen-bond donors (Lipinski definition) is 2. The van der Waals surface area contributed by atoms with Crippen LogP contribution in [-0.2, 0) is 9.53 Å². The molecule has 0 bridgehead atoms. The molecule has 1 amide bonds. The fourth-order valence-electron chi connectivity index (χ4n) is 1.46. The maximum absolute atomic E-state index is 11.0. The summed E-state index contributed by atoms with van der Waals surface area (Å²) in [5.74, 6) is -0.327. The number of ether oxygens (including phenoxy) is 1. The predicted molar refractivity (Wildman–Crippen MR) is 50.2 cm³/mol. The monoisotopic (exact) mass is 186 g/mol. The SMILES string of the molecule is CC1OCCC1NC(C)(C)C(N)=O. The van der Waals surface area contributed by atoms with Gasteiger partial charge in [-0.25, -0.2) is 0 Å². The van der Waals surface area contributed by atoms with Crippen LogP contribution in [0.4, 0.5) is 0 Å². The molecule has 1 heterocycles. The lowest BCUT2D eigenvalue weighted by atomic mass is 10.0. The van der Waals surface area contributed by atoms with Gasteiger partial charge in [0, 0.05) is 12.6 Å². The number of rotatable bonds is 3. The maximum Gasteiger partial charge on any atom is 0.237 e. The third-order valence-electron chi connectivity index (χ3n) is 2.54. The lowest BCUT2D eigenvalue weighted by Gasteiger charge is -2.28. The van der Waals surface area contributed by atoms with Crippen LogP contribution in [0.1, 0.15) is 27.2 Å². The summed E-state index contributed by atoms with van der Waals surface area (Å²) in [4.78, 5) is 11.0. The first-order valence-electron chi connectivity index (χ1n) is 4.62. The molecule has 0 radical (unpaired) electrons. The van der Waals surface area contributed by atoms with Crippen LogP contribution < -0.4 is 11.1 Å². The standard InChI is InChI=1S/C9H18N2O2/c1-6-7(4-5-13-6)11-9(2,3)8(10)12/h6-7,11H,4-5H2,1-3H3,(H2,10,12). The van der Waals surface area contributed by atoms with E-state index in [0.717, 1.165) is 13.0 Å². The molecular formula is C9H18N2O2. The average molecular weight is 186 g/mol. The van der Waals surface area contributed by atoms with Crippen LogP contribution in [0.15, 0.2) is 0 Å². The Labute approximate surface area is 78.8 Å². The van der Waals surface area contributed by atoms with E-state index >= 15 is 0 Å². The fourth-order valence-corrected chi connectivity index (χ4v) is 1.46. The number of amides is 1. The van der Waals surface area contributed by atoms with Gasteiger partial charge in [-0.1, -0.05) is 0 Å². The van der Waals surface area contributed by atoms with Crippen molar-refractivity contribution in [3.63, 3.8) is 0 Å². The van der Waals surface area contributed by atoms with E-state index in [1.165, 1.54) is 0 Å². The zero-order valence-corrected chi connectivity index (χ0v) is 8.46. The van der Waals surface area contributed by atoms with Crippen molar-refractivity contribution in [2.24, 2.45) is 5.73 Å². The van der Waals surface area contributed by atoms with E-state index in [9.17, 15) is 4.79 Å². The molecule has 4 heteroatoms.